The van der Waals surface area contributed by atoms with Gasteiger partial charge in [-0.05, 0) is 28.1 Å². The van der Waals surface area contributed by atoms with Gasteiger partial charge in [-0.15, -0.1) is 0 Å². The predicted molar refractivity (Wildman–Crippen MR) is 67.6 cm³/mol. The molecule has 0 saturated carbocycles. The summed E-state index contributed by atoms with van der Waals surface area (Å²) >= 11 is 3.07. The first kappa shape index (κ1) is 13.2. The van der Waals surface area contributed by atoms with Gasteiger partial charge in [0.05, 0.1) is 5.56 Å². The van der Waals surface area contributed by atoms with Crippen LogP contribution in [0.15, 0.2) is 28.7 Å². The van der Waals surface area contributed by atoms with E-state index in [2.05, 4.69) is 31.4 Å². The number of benzene rings is 1. The van der Waals surface area contributed by atoms with Crippen LogP contribution in [0, 0.1) is 5.82 Å². The van der Waals surface area contributed by atoms with Crippen LogP contribution in [0.2, 0.25) is 0 Å². The molecule has 2 aromatic rings. The summed E-state index contributed by atoms with van der Waals surface area (Å²) in [7, 11) is 0. The number of aromatic nitrogens is 2. The Morgan fingerprint density at radius 1 is 1.42 bits per heavy atom. The molecule has 0 aliphatic heterocycles. The fraction of sp³-hybridized carbons (Fsp3) is 0. The standard InChI is InChI=1S/C11H7BrFN3O3/c12-5-2-1-3-6(13)9(5)10(17)14-8-4-7(11(18)19)15-16-8/h1-4H,(H,18,19)(H2,14,15,16,17). The third-order valence-corrected chi connectivity index (χ3v) is 2.90. The number of carboxylic acids is 1. The first-order chi connectivity index (χ1) is 8.99. The van der Waals surface area contributed by atoms with Crippen molar-refractivity contribution in [2.75, 3.05) is 5.32 Å². The van der Waals surface area contributed by atoms with E-state index in [4.69, 9.17) is 5.11 Å². The number of halogens is 2. The summed E-state index contributed by atoms with van der Waals surface area (Å²) in [4.78, 5) is 22.5. The SMILES string of the molecule is O=C(O)c1cc(NC(=O)c2c(F)cccc2Br)n[nH]1. The van der Waals surface area contributed by atoms with Gasteiger partial charge in [0.15, 0.2) is 5.82 Å². The van der Waals surface area contributed by atoms with Gasteiger partial charge in [0.2, 0.25) is 0 Å². The van der Waals surface area contributed by atoms with Crippen LogP contribution in [0.3, 0.4) is 0 Å². The number of aromatic amines is 1. The molecule has 1 aromatic heterocycles. The summed E-state index contributed by atoms with van der Waals surface area (Å²) in [5.74, 6) is -2.63. The van der Waals surface area contributed by atoms with E-state index in [0.717, 1.165) is 12.1 Å². The number of nitrogens with zero attached hydrogens (tertiary/aromatic N) is 1. The molecule has 6 nitrogen and oxygen atoms in total. The number of nitrogens with one attached hydrogen (secondary N) is 2. The van der Waals surface area contributed by atoms with E-state index < -0.39 is 17.7 Å². The normalized spacial score (nSPS) is 10.2. The van der Waals surface area contributed by atoms with Crippen LogP contribution in [-0.4, -0.2) is 27.2 Å². The molecule has 3 N–H and O–H groups in total. The number of H-pyrrole nitrogens is 1. The van der Waals surface area contributed by atoms with E-state index in [1.165, 1.54) is 12.1 Å². The lowest BCUT2D eigenvalue weighted by atomic mass is 10.2. The fourth-order valence-corrected chi connectivity index (χ4v) is 1.91. The molecular weight excluding hydrogens is 321 g/mol. The van der Waals surface area contributed by atoms with E-state index in [-0.39, 0.29) is 17.1 Å². The van der Waals surface area contributed by atoms with Gasteiger partial charge in [-0.1, -0.05) is 6.07 Å². The van der Waals surface area contributed by atoms with Crippen LogP contribution in [0.5, 0.6) is 0 Å². The maximum atomic E-state index is 13.5. The number of hydrogen-bond acceptors (Lipinski definition) is 3. The lowest BCUT2D eigenvalue weighted by Crippen LogP contribution is -2.14. The fourth-order valence-electron chi connectivity index (χ4n) is 1.39. The third kappa shape index (κ3) is 2.79. The van der Waals surface area contributed by atoms with Crippen molar-refractivity contribution in [3.63, 3.8) is 0 Å². The Balaban J connectivity index is 2.23. The van der Waals surface area contributed by atoms with E-state index in [1.807, 2.05) is 0 Å². The van der Waals surface area contributed by atoms with Crippen molar-refractivity contribution in [1.82, 2.24) is 10.2 Å². The number of carbonyl (C=O) groups excluding carboxylic acids is 1. The highest BCUT2D eigenvalue weighted by atomic mass is 79.9. The Morgan fingerprint density at radius 2 is 2.16 bits per heavy atom. The molecule has 0 unspecified atom stereocenters. The molecule has 0 bridgehead atoms. The number of carboxylic acid groups (broad SMARTS) is 1. The van der Waals surface area contributed by atoms with Crippen molar-refractivity contribution in [2.45, 2.75) is 0 Å². The molecule has 1 heterocycles. The number of hydrogen-bond donors (Lipinski definition) is 3. The molecule has 0 aliphatic carbocycles. The Bertz CT molecular complexity index is 636. The second-order valence-electron chi connectivity index (χ2n) is 3.52. The van der Waals surface area contributed by atoms with Crippen LogP contribution in [0.1, 0.15) is 20.8 Å². The maximum absolute atomic E-state index is 13.5. The summed E-state index contributed by atoms with van der Waals surface area (Å²) < 4.78 is 13.8. The van der Waals surface area contributed by atoms with E-state index in [0.29, 0.717) is 4.47 Å². The molecule has 0 radical (unpaired) electrons. The molecule has 2 rings (SSSR count). The summed E-state index contributed by atoms with van der Waals surface area (Å²) in [5, 5.41) is 16.8. The molecule has 0 spiro atoms. The average Bonchev–Trinajstić information content (AvgIpc) is 2.77. The zero-order valence-corrected chi connectivity index (χ0v) is 10.9. The van der Waals surface area contributed by atoms with Gasteiger partial charge in [-0.3, -0.25) is 9.89 Å². The summed E-state index contributed by atoms with van der Waals surface area (Å²) in [6.07, 6.45) is 0. The zero-order valence-electron chi connectivity index (χ0n) is 9.28. The lowest BCUT2D eigenvalue weighted by Gasteiger charge is -2.05. The Hall–Kier alpha value is -2.22. The molecule has 0 fully saturated rings. The van der Waals surface area contributed by atoms with Gasteiger partial charge in [0.1, 0.15) is 11.5 Å². The van der Waals surface area contributed by atoms with Gasteiger partial charge >= 0.3 is 5.97 Å². The van der Waals surface area contributed by atoms with E-state index >= 15 is 0 Å². The van der Waals surface area contributed by atoms with Crippen molar-refractivity contribution >= 4 is 33.6 Å². The first-order valence-electron chi connectivity index (χ1n) is 5.03. The van der Waals surface area contributed by atoms with Gasteiger partial charge in [-0.2, -0.15) is 5.10 Å². The van der Waals surface area contributed by atoms with Crippen LogP contribution in [0.4, 0.5) is 10.2 Å². The summed E-state index contributed by atoms with van der Waals surface area (Å²) in [6, 6.07) is 5.25. The average molecular weight is 328 g/mol. The highest BCUT2D eigenvalue weighted by molar-refractivity contribution is 9.10. The Labute approximate surface area is 114 Å². The van der Waals surface area contributed by atoms with E-state index in [9.17, 15) is 14.0 Å². The van der Waals surface area contributed by atoms with Crippen LogP contribution < -0.4 is 5.32 Å². The number of rotatable bonds is 3. The summed E-state index contributed by atoms with van der Waals surface area (Å²) in [6.45, 7) is 0. The van der Waals surface area contributed by atoms with Gasteiger partial charge in [0.25, 0.3) is 5.91 Å². The Morgan fingerprint density at radius 3 is 2.74 bits per heavy atom. The quantitative estimate of drug-likeness (QED) is 0.805. The minimum Gasteiger partial charge on any atom is -0.477 e. The molecule has 8 heteroatoms. The van der Waals surface area contributed by atoms with Gasteiger partial charge in [0, 0.05) is 10.5 Å². The third-order valence-electron chi connectivity index (χ3n) is 2.24. The lowest BCUT2D eigenvalue weighted by molar-refractivity contribution is 0.0690. The minimum atomic E-state index is -1.21. The highest BCUT2D eigenvalue weighted by Gasteiger charge is 2.17. The molecule has 19 heavy (non-hydrogen) atoms. The Kier molecular flexibility index (Phi) is 3.61. The summed E-state index contributed by atoms with van der Waals surface area (Å²) in [5.41, 5.74) is -0.356. The highest BCUT2D eigenvalue weighted by Crippen LogP contribution is 2.20. The molecule has 1 aromatic carbocycles. The smallest absolute Gasteiger partial charge is 0.353 e. The molecule has 98 valence electrons. The van der Waals surface area contributed by atoms with Crippen molar-refractivity contribution in [3.8, 4) is 0 Å². The van der Waals surface area contributed by atoms with Gasteiger partial charge < -0.3 is 10.4 Å². The maximum Gasteiger partial charge on any atom is 0.353 e. The van der Waals surface area contributed by atoms with Crippen LogP contribution >= 0.6 is 15.9 Å². The van der Waals surface area contributed by atoms with Crippen LogP contribution in [-0.2, 0) is 0 Å². The number of carbonyl (C=O) groups is 2. The van der Waals surface area contributed by atoms with Crippen molar-refractivity contribution in [1.29, 1.82) is 0 Å². The van der Waals surface area contributed by atoms with Crippen molar-refractivity contribution < 1.29 is 19.1 Å². The van der Waals surface area contributed by atoms with Crippen LogP contribution in [0.25, 0.3) is 0 Å². The predicted octanol–water partition coefficient (Wildman–Crippen LogP) is 2.26. The molecule has 1 amide bonds. The molecule has 0 aliphatic rings. The molecular formula is C11H7BrFN3O3. The van der Waals surface area contributed by atoms with Crippen molar-refractivity contribution in [3.05, 3.63) is 45.8 Å². The number of amides is 1. The zero-order chi connectivity index (χ0) is 14.0. The second-order valence-corrected chi connectivity index (χ2v) is 4.38. The van der Waals surface area contributed by atoms with Gasteiger partial charge in [-0.25, -0.2) is 9.18 Å². The topological polar surface area (TPSA) is 95.1 Å². The minimum absolute atomic E-state index is 0.00227. The second kappa shape index (κ2) is 5.19. The molecule has 0 saturated heterocycles. The van der Waals surface area contributed by atoms with Crippen molar-refractivity contribution in [2.24, 2.45) is 0 Å². The monoisotopic (exact) mass is 327 g/mol. The number of anilines is 1. The molecule has 0 atom stereocenters. The van der Waals surface area contributed by atoms with E-state index in [1.54, 1.807) is 0 Å². The number of aromatic carboxylic acids is 1. The largest absolute Gasteiger partial charge is 0.477 e. The first-order valence-corrected chi connectivity index (χ1v) is 5.82.